The van der Waals surface area contributed by atoms with Crippen molar-refractivity contribution in [3.05, 3.63) is 21.3 Å². The Morgan fingerprint density at radius 3 is 2.25 bits per heavy atom. The fraction of sp³-hybridized carbons (Fsp3) is 0.143. The van der Waals surface area contributed by atoms with Gasteiger partial charge >= 0.3 is 0 Å². The van der Waals surface area contributed by atoms with Gasteiger partial charge in [0.25, 0.3) is 6.43 Å². The summed E-state index contributed by atoms with van der Waals surface area (Å²) in [5, 5.41) is 0. The molecule has 0 atom stereocenters. The summed E-state index contributed by atoms with van der Waals surface area (Å²) in [7, 11) is 0. The van der Waals surface area contributed by atoms with Crippen LogP contribution in [0.2, 0.25) is 0 Å². The third-order valence-electron chi connectivity index (χ3n) is 1.44. The van der Waals surface area contributed by atoms with Crippen LogP contribution in [0, 0.1) is 3.57 Å². The summed E-state index contributed by atoms with van der Waals surface area (Å²) in [5.74, 6) is 0. The summed E-state index contributed by atoms with van der Waals surface area (Å²) in [4.78, 5) is 0. The molecular weight excluding hydrogens is 277 g/mol. The zero-order chi connectivity index (χ0) is 9.30. The van der Waals surface area contributed by atoms with E-state index < -0.39 is 6.43 Å². The highest BCUT2D eigenvalue weighted by Crippen LogP contribution is 2.28. The smallest absolute Gasteiger partial charge is 0.263 e. The summed E-state index contributed by atoms with van der Waals surface area (Å²) in [5.41, 5.74) is 11.3. The van der Waals surface area contributed by atoms with E-state index in [4.69, 9.17) is 11.5 Å². The quantitative estimate of drug-likeness (QED) is 0.614. The molecule has 2 nitrogen and oxygen atoms in total. The van der Waals surface area contributed by atoms with E-state index in [1.165, 1.54) is 12.1 Å². The minimum atomic E-state index is -2.50. The first-order chi connectivity index (χ1) is 5.52. The van der Waals surface area contributed by atoms with E-state index >= 15 is 0 Å². The zero-order valence-corrected chi connectivity index (χ0v) is 8.18. The maximum Gasteiger partial charge on any atom is 0.263 e. The Balaban J connectivity index is 3.21. The Labute approximate surface area is 82.1 Å². The van der Waals surface area contributed by atoms with Crippen LogP contribution in [-0.2, 0) is 0 Å². The average molecular weight is 284 g/mol. The number of benzene rings is 1. The number of nitrogens with two attached hydrogens (primary N) is 2. The first-order valence-electron chi connectivity index (χ1n) is 3.15. The molecular formula is C7H7F2IN2. The second kappa shape index (κ2) is 3.42. The normalized spacial score (nSPS) is 10.7. The van der Waals surface area contributed by atoms with Crippen LogP contribution >= 0.6 is 22.6 Å². The lowest BCUT2D eigenvalue weighted by Gasteiger charge is -2.06. The lowest BCUT2D eigenvalue weighted by Crippen LogP contribution is -1.99. The number of halogens is 3. The van der Waals surface area contributed by atoms with Gasteiger partial charge in [0.15, 0.2) is 0 Å². The molecule has 0 aromatic heterocycles. The number of anilines is 2. The molecule has 0 spiro atoms. The molecule has 5 heteroatoms. The van der Waals surface area contributed by atoms with E-state index in [0.717, 1.165) is 0 Å². The SMILES string of the molecule is Nc1cc(C(F)F)cc(I)c1N. The molecule has 0 unspecified atom stereocenters. The minimum Gasteiger partial charge on any atom is -0.397 e. The molecule has 0 saturated carbocycles. The van der Waals surface area contributed by atoms with Gasteiger partial charge in [0.2, 0.25) is 0 Å². The first kappa shape index (κ1) is 9.50. The molecule has 12 heavy (non-hydrogen) atoms. The second-order valence-electron chi connectivity index (χ2n) is 2.31. The molecule has 0 radical (unpaired) electrons. The van der Waals surface area contributed by atoms with Crippen molar-refractivity contribution in [2.45, 2.75) is 6.43 Å². The van der Waals surface area contributed by atoms with Crippen molar-refractivity contribution in [1.82, 2.24) is 0 Å². The van der Waals surface area contributed by atoms with Crippen LogP contribution in [0.15, 0.2) is 12.1 Å². The highest BCUT2D eigenvalue weighted by atomic mass is 127. The highest BCUT2D eigenvalue weighted by molar-refractivity contribution is 14.1. The van der Waals surface area contributed by atoms with Crippen LogP contribution in [0.25, 0.3) is 0 Å². The molecule has 0 saturated heterocycles. The lowest BCUT2D eigenvalue weighted by atomic mass is 10.2. The van der Waals surface area contributed by atoms with Gasteiger partial charge in [-0.15, -0.1) is 0 Å². The van der Waals surface area contributed by atoms with E-state index in [1.54, 1.807) is 0 Å². The molecule has 1 aromatic rings. The van der Waals surface area contributed by atoms with Gasteiger partial charge in [0.1, 0.15) is 0 Å². The number of hydrogen-bond donors (Lipinski definition) is 2. The third kappa shape index (κ3) is 1.77. The van der Waals surface area contributed by atoms with Gasteiger partial charge in [-0.25, -0.2) is 8.78 Å². The van der Waals surface area contributed by atoms with Crippen LogP contribution < -0.4 is 11.5 Å². The van der Waals surface area contributed by atoms with E-state index in [1.807, 2.05) is 22.6 Å². The van der Waals surface area contributed by atoms with E-state index in [2.05, 4.69) is 0 Å². The topological polar surface area (TPSA) is 52.0 Å². The second-order valence-corrected chi connectivity index (χ2v) is 3.47. The molecule has 0 heterocycles. The van der Waals surface area contributed by atoms with Crippen LogP contribution in [0.3, 0.4) is 0 Å². The molecule has 1 aromatic carbocycles. The molecule has 66 valence electrons. The van der Waals surface area contributed by atoms with Crippen LogP contribution in [0.1, 0.15) is 12.0 Å². The van der Waals surface area contributed by atoms with E-state index in [-0.39, 0.29) is 11.3 Å². The van der Waals surface area contributed by atoms with Crippen LogP contribution in [-0.4, -0.2) is 0 Å². The summed E-state index contributed by atoms with van der Waals surface area (Å²) in [6, 6.07) is 2.53. The largest absolute Gasteiger partial charge is 0.397 e. The van der Waals surface area contributed by atoms with Crippen LogP contribution in [0.5, 0.6) is 0 Å². The zero-order valence-electron chi connectivity index (χ0n) is 6.02. The maximum absolute atomic E-state index is 12.2. The van der Waals surface area contributed by atoms with Gasteiger partial charge < -0.3 is 11.5 Å². The number of alkyl halides is 2. The summed E-state index contributed by atoms with van der Waals surface area (Å²) in [6.45, 7) is 0. The number of hydrogen-bond acceptors (Lipinski definition) is 2. The van der Waals surface area contributed by atoms with Crippen molar-refractivity contribution in [1.29, 1.82) is 0 Å². The van der Waals surface area contributed by atoms with E-state index in [9.17, 15) is 8.78 Å². The maximum atomic E-state index is 12.2. The Kier molecular flexibility index (Phi) is 2.71. The van der Waals surface area contributed by atoms with Crippen molar-refractivity contribution in [2.24, 2.45) is 0 Å². The lowest BCUT2D eigenvalue weighted by molar-refractivity contribution is 0.151. The summed E-state index contributed by atoms with van der Waals surface area (Å²) >= 11 is 1.87. The Morgan fingerprint density at radius 2 is 1.83 bits per heavy atom. The average Bonchev–Trinajstić information content (AvgIpc) is 1.99. The fourth-order valence-corrected chi connectivity index (χ4v) is 1.46. The third-order valence-corrected chi connectivity index (χ3v) is 2.33. The Morgan fingerprint density at radius 1 is 1.25 bits per heavy atom. The van der Waals surface area contributed by atoms with Gasteiger partial charge in [-0.2, -0.15) is 0 Å². The van der Waals surface area contributed by atoms with Crippen molar-refractivity contribution >= 4 is 34.0 Å². The fourth-order valence-electron chi connectivity index (χ4n) is 0.787. The van der Waals surface area contributed by atoms with Gasteiger partial charge in [0.05, 0.1) is 11.4 Å². The van der Waals surface area contributed by atoms with Gasteiger partial charge in [0, 0.05) is 9.13 Å². The van der Waals surface area contributed by atoms with Crippen molar-refractivity contribution in [3.63, 3.8) is 0 Å². The Bertz CT molecular complexity index is 278. The molecule has 0 amide bonds. The van der Waals surface area contributed by atoms with Crippen molar-refractivity contribution in [2.75, 3.05) is 11.5 Å². The van der Waals surface area contributed by atoms with Crippen molar-refractivity contribution in [3.8, 4) is 0 Å². The molecule has 0 aliphatic heterocycles. The van der Waals surface area contributed by atoms with Gasteiger partial charge in [-0.05, 0) is 34.7 Å². The molecule has 0 aliphatic rings. The van der Waals surface area contributed by atoms with Gasteiger partial charge in [-0.1, -0.05) is 0 Å². The molecule has 4 N–H and O–H groups in total. The van der Waals surface area contributed by atoms with Crippen LogP contribution in [0.4, 0.5) is 20.2 Å². The highest BCUT2D eigenvalue weighted by Gasteiger charge is 2.10. The molecule has 0 fully saturated rings. The molecule has 1 rings (SSSR count). The summed E-state index contributed by atoms with van der Waals surface area (Å²) < 4.78 is 24.9. The number of nitrogen functional groups attached to an aromatic ring is 2. The Hall–Kier alpha value is -0.590. The standard InChI is InChI=1S/C7H7F2IN2/c8-7(9)3-1-4(10)6(12)5(11)2-3/h1-2,7H,11-12H2. The monoisotopic (exact) mass is 284 g/mol. The first-order valence-corrected chi connectivity index (χ1v) is 4.22. The van der Waals surface area contributed by atoms with E-state index in [0.29, 0.717) is 9.26 Å². The summed E-state index contributed by atoms with van der Waals surface area (Å²) in [6.07, 6.45) is -2.50. The minimum absolute atomic E-state index is 0.0916. The number of rotatable bonds is 1. The molecule has 0 bridgehead atoms. The van der Waals surface area contributed by atoms with Crippen molar-refractivity contribution < 1.29 is 8.78 Å². The predicted octanol–water partition coefficient (Wildman–Crippen LogP) is 2.39. The van der Waals surface area contributed by atoms with Gasteiger partial charge in [-0.3, -0.25) is 0 Å². The predicted molar refractivity (Wildman–Crippen MR) is 52.9 cm³/mol. The molecule has 0 aliphatic carbocycles.